The maximum atomic E-state index is 12.9. The van der Waals surface area contributed by atoms with E-state index in [1.165, 1.54) is 6.07 Å². The number of nitrogens with zero attached hydrogens (tertiary/aromatic N) is 1. The molecule has 0 atom stereocenters. The number of hydrogen-bond donors (Lipinski definition) is 1. The van der Waals surface area contributed by atoms with Crippen molar-refractivity contribution < 1.29 is 14.2 Å². The predicted octanol–water partition coefficient (Wildman–Crippen LogP) is 3.05. The number of rotatable bonds is 4. The minimum atomic E-state index is -0.492. The first-order chi connectivity index (χ1) is 8.69. The van der Waals surface area contributed by atoms with Gasteiger partial charge < -0.3 is 9.84 Å². The van der Waals surface area contributed by atoms with E-state index in [2.05, 4.69) is 20.9 Å². The molecule has 0 aliphatic carbocycles. The fourth-order valence-corrected chi connectivity index (χ4v) is 1.94. The molecule has 1 N–H and O–H groups in total. The molecule has 1 heterocycles. The molecule has 18 heavy (non-hydrogen) atoms. The van der Waals surface area contributed by atoms with Crippen molar-refractivity contribution >= 4 is 15.9 Å². The number of benzene rings is 1. The van der Waals surface area contributed by atoms with Crippen LogP contribution in [0.4, 0.5) is 4.39 Å². The summed E-state index contributed by atoms with van der Waals surface area (Å²) in [7, 11) is 0. The Morgan fingerprint density at radius 1 is 1.33 bits per heavy atom. The van der Waals surface area contributed by atoms with Gasteiger partial charge in [0, 0.05) is 10.0 Å². The third-order valence-electron chi connectivity index (χ3n) is 2.33. The molecule has 3 nitrogen and oxygen atoms in total. The highest BCUT2D eigenvalue weighted by Gasteiger charge is 2.06. The van der Waals surface area contributed by atoms with E-state index in [-0.39, 0.29) is 12.5 Å². The number of hydrogen-bond acceptors (Lipinski definition) is 3. The van der Waals surface area contributed by atoms with Crippen molar-refractivity contribution in [1.82, 2.24) is 4.98 Å². The van der Waals surface area contributed by atoms with Gasteiger partial charge in [0.25, 0.3) is 0 Å². The van der Waals surface area contributed by atoms with E-state index < -0.39 is 5.82 Å². The lowest BCUT2D eigenvalue weighted by molar-refractivity contribution is 0.251. The monoisotopic (exact) mass is 311 g/mol. The van der Waals surface area contributed by atoms with Crippen LogP contribution in [0.1, 0.15) is 11.1 Å². The molecule has 1 aromatic carbocycles. The number of aliphatic hydroxyl groups is 1. The number of pyridine rings is 1. The summed E-state index contributed by atoms with van der Waals surface area (Å²) in [6.45, 7) is 0.00362. The average molecular weight is 312 g/mol. The molecule has 0 unspecified atom stereocenters. The molecule has 0 saturated carbocycles. The lowest BCUT2D eigenvalue weighted by Gasteiger charge is -2.09. The first-order valence-corrected chi connectivity index (χ1v) is 6.11. The Morgan fingerprint density at radius 2 is 2.17 bits per heavy atom. The zero-order valence-corrected chi connectivity index (χ0v) is 11.0. The van der Waals surface area contributed by atoms with Crippen molar-refractivity contribution in [3.8, 4) is 5.88 Å². The largest absolute Gasteiger partial charge is 0.473 e. The van der Waals surface area contributed by atoms with E-state index in [1.54, 1.807) is 0 Å². The Morgan fingerprint density at radius 3 is 2.89 bits per heavy atom. The lowest BCUT2D eigenvalue weighted by Crippen LogP contribution is -2.01. The molecule has 1 aromatic heterocycles. The van der Waals surface area contributed by atoms with E-state index in [1.807, 2.05) is 24.3 Å². The molecular formula is C13H11BrFNO2. The van der Waals surface area contributed by atoms with Crippen LogP contribution in [0.15, 0.2) is 41.0 Å². The molecule has 0 amide bonds. The molecule has 2 rings (SSSR count). The summed E-state index contributed by atoms with van der Waals surface area (Å²) in [5.41, 5.74) is 1.30. The normalized spacial score (nSPS) is 10.4. The minimum Gasteiger partial charge on any atom is -0.473 e. The van der Waals surface area contributed by atoms with Gasteiger partial charge in [0.2, 0.25) is 5.88 Å². The molecule has 0 aliphatic heterocycles. The van der Waals surface area contributed by atoms with Crippen molar-refractivity contribution in [2.75, 3.05) is 0 Å². The number of halogens is 2. The number of aromatic nitrogens is 1. The third-order valence-corrected chi connectivity index (χ3v) is 2.82. The molecule has 2 aromatic rings. The molecular weight excluding hydrogens is 301 g/mol. The van der Waals surface area contributed by atoms with Gasteiger partial charge in [0.15, 0.2) is 0 Å². The molecule has 0 aliphatic rings. The van der Waals surface area contributed by atoms with Crippen LogP contribution in [-0.4, -0.2) is 10.1 Å². The summed E-state index contributed by atoms with van der Waals surface area (Å²) in [6.07, 6.45) is 1.06. The Bertz CT molecular complexity index is 548. The highest BCUT2D eigenvalue weighted by atomic mass is 79.9. The highest BCUT2D eigenvalue weighted by Crippen LogP contribution is 2.18. The topological polar surface area (TPSA) is 42.4 Å². The predicted molar refractivity (Wildman–Crippen MR) is 68.6 cm³/mol. The summed E-state index contributed by atoms with van der Waals surface area (Å²) in [6, 6.07) is 8.85. The quantitative estimate of drug-likeness (QED) is 0.943. The van der Waals surface area contributed by atoms with Crippen LogP contribution in [0.25, 0.3) is 0 Å². The number of ether oxygens (including phenoxy) is 1. The smallest absolute Gasteiger partial charge is 0.219 e. The van der Waals surface area contributed by atoms with Gasteiger partial charge in [-0.05, 0) is 23.8 Å². The summed E-state index contributed by atoms with van der Waals surface area (Å²) in [5.74, 6) is -0.243. The Kier molecular flexibility index (Phi) is 4.28. The van der Waals surface area contributed by atoms with Crippen LogP contribution >= 0.6 is 15.9 Å². The van der Waals surface area contributed by atoms with E-state index in [4.69, 9.17) is 9.84 Å². The van der Waals surface area contributed by atoms with Gasteiger partial charge in [-0.15, -0.1) is 0 Å². The second-order valence-corrected chi connectivity index (χ2v) is 4.61. The summed E-state index contributed by atoms with van der Waals surface area (Å²) in [5, 5.41) is 9.09. The van der Waals surface area contributed by atoms with E-state index in [0.717, 1.165) is 16.2 Å². The van der Waals surface area contributed by atoms with Crippen LogP contribution in [0.2, 0.25) is 0 Å². The van der Waals surface area contributed by atoms with Crippen molar-refractivity contribution in [2.24, 2.45) is 0 Å². The van der Waals surface area contributed by atoms with Crippen LogP contribution in [0, 0.1) is 5.82 Å². The van der Waals surface area contributed by atoms with E-state index in [0.29, 0.717) is 12.2 Å². The standard InChI is InChI=1S/C13H11BrFNO2/c14-11-3-1-2-9(4-11)8-18-13-10(7-17)5-12(15)6-16-13/h1-6,17H,7-8H2. The van der Waals surface area contributed by atoms with Crippen LogP contribution in [0.3, 0.4) is 0 Å². The molecule has 0 spiro atoms. The zero-order valence-electron chi connectivity index (χ0n) is 9.44. The van der Waals surface area contributed by atoms with Gasteiger partial charge >= 0.3 is 0 Å². The SMILES string of the molecule is OCc1cc(F)cnc1OCc1cccc(Br)c1. The van der Waals surface area contributed by atoms with Gasteiger partial charge in [-0.2, -0.15) is 0 Å². The highest BCUT2D eigenvalue weighted by molar-refractivity contribution is 9.10. The van der Waals surface area contributed by atoms with Crippen LogP contribution in [0.5, 0.6) is 5.88 Å². The molecule has 94 valence electrons. The van der Waals surface area contributed by atoms with Gasteiger partial charge in [0.05, 0.1) is 12.8 Å². The maximum Gasteiger partial charge on any atom is 0.219 e. The molecule has 0 saturated heterocycles. The van der Waals surface area contributed by atoms with Gasteiger partial charge in [-0.1, -0.05) is 28.1 Å². The maximum absolute atomic E-state index is 12.9. The summed E-state index contributed by atoms with van der Waals surface area (Å²) < 4.78 is 19.3. The third kappa shape index (κ3) is 3.27. The van der Waals surface area contributed by atoms with Gasteiger partial charge in [0.1, 0.15) is 12.4 Å². The van der Waals surface area contributed by atoms with Crippen LogP contribution in [-0.2, 0) is 13.2 Å². The molecule has 0 bridgehead atoms. The van der Waals surface area contributed by atoms with Crippen LogP contribution < -0.4 is 4.74 Å². The Labute approximate surface area is 112 Å². The first-order valence-electron chi connectivity index (χ1n) is 5.31. The minimum absolute atomic E-state index is 0.249. The average Bonchev–Trinajstić information content (AvgIpc) is 2.37. The molecule has 5 heteroatoms. The number of aliphatic hydroxyl groups excluding tert-OH is 1. The second kappa shape index (κ2) is 5.93. The fourth-order valence-electron chi connectivity index (χ4n) is 1.49. The van der Waals surface area contributed by atoms with Crippen molar-refractivity contribution in [2.45, 2.75) is 13.2 Å². The van der Waals surface area contributed by atoms with Crippen molar-refractivity contribution in [3.05, 3.63) is 57.9 Å². The van der Waals surface area contributed by atoms with Crippen molar-refractivity contribution in [3.63, 3.8) is 0 Å². The second-order valence-electron chi connectivity index (χ2n) is 3.69. The summed E-state index contributed by atoms with van der Waals surface area (Å²) >= 11 is 3.37. The van der Waals surface area contributed by atoms with E-state index in [9.17, 15) is 4.39 Å². The van der Waals surface area contributed by atoms with E-state index >= 15 is 0 Å². The first kappa shape index (κ1) is 13.0. The Balaban J connectivity index is 2.10. The van der Waals surface area contributed by atoms with Gasteiger partial charge in [-0.3, -0.25) is 0 Å². The fraction of sp³-hybridized carbons (Fsp3) is 0.154. The zero-order chi connectivity index (χ0) is 13.0. The summed E-state index contributed by atoms with van der Waals surface area (Å²) in [4.78, 5) is 3.82. The Hall–Kier alpha value is -1.46. The lowest BCUT2D eigenvalue weighted by atomic mass is 10.2. The van der Waals surface area contributed by atoms with Crippen molar-refractivity contribution in [1.29, 1.82) is 0 Å². The molecule has 0 radical (unpaired) electrons. The molecule has 0 fully saturated rings. The van der Waals surface area contributed by atoms with Gasteiger partial charge in [-0.25, -0.2) is 9.37 Å².